The van der Waals surface area contributed by atoms with Crippen molar-refractivity contribution >= 4 is 29.4 Å². The lowest BCUT2D eigenvalue weighted by atomic mass is 10.1. The summed E-state index contributed by atoms with van der Waals surface area (Å²) in [6.45, 7) is 5.52. The fraction of sp³-hybridized carbons (Fsp3) is 0.450. The van der Waals surface area contributed by atoms with Crippen molar-refractivity contribution in [1.82, 2.24) is 14.9 Å². The molecule has 0 saturated heterocycles. The normalized spacial score (nSPS) is 18.5. The van der Waals surface area contributed by atoms with Gasteiger partial charge in [-0.1, -0.05) is 44.2 Å². The Labute approximate surface area is 164 Å². The molecule has 7 heteroatoms. The number of hydrogen-bond acceptors (Lipinski definition) is 4. The van der Waals surface area contributed by atoms with Crippen LogP contribution >= 0.6 is 11.8 Å². The van der Waals surface area contributed by atoms with E-state index >= 15 is 0 Å². The number of benzene rings is 1. The second-order valence-electron chi connectivity index (χ2n) is 6.86. The summed E-state index contributed by atoms with van der Waals surface area (Å²) in [4.78, 5) is 29.8. The zero-order valence-electron chi connectivity index (χ0n) is 15.8. The summed E-state index contributed by atoms with van der Waals surface area (Å²) in [5, 5.41) is 0. The highest BCUT2D eigenvalue weighted by atomic mass is 32.2. The largest absolute Gasteiger partial charge is 0.337 e. The summed E-state index contributed by atoms with van der Waals surface area (Å²) < 4.78 is 0. The van der Waals surface area contributed by atoms with E-state index in [4.69, 9.17) is 9.98 Å². The van der Waals surface area contributed by atoms with Gasteiger partial charge in [0.2, 0.25) is 0 Å². The van der Waals surface area contributed by atoms with Crippen molar-refractivity contribution in [2.24, 2.45) is 4.99 Å². The summed E-state index contributed by atoms with van der Waals surface area (Å²) in [5.74, 6) is 4.26. The van der Waals surface area contributed by atoms with Crippen molar-refractivity contribution in [3.63, 3.8) is 0 Å². The van der Waals surface area contributed by atoms with Gasteiger partial charge in [0.25, 0.3) is 0 Å². The van der Waals surface area contributed by atoms with Crippen molar-refractivity contribution in [2.75, 3.05) is 23.7 Å². The van der Waals surface area contributed by atoms with Gasteiger partial charge in [-0.2, -0.15) is 11.8 Å². The van der Waals surface area contributed by atoms with E-state index < -0.39 is 0 Å². The molecule has 1 aromatic carbocycles. The van der Waals surface area contributed by atoms with Crippen LogP contribution in [0.5, 0.6) is 0 Å². The molecule has 3 heterocycles. The topological polar surface area (TPSA) is 64.6 Å². The molecular formula is C20H25N5OS. The maximum absolute atomic E-state index is 13.1. The van der Waals surface area contributed by atoms with Crippen LogP contribution in [-0.2, 0) is 12.2 Å². The van der Waals surface area contributed by atoms with Gasteiger partial charge in [0.05, 0.1) is 18.3 Å². The van der Waals surface area contributed by atoms with Crippen LogP contribution in [-0.4, -0.2) is 51.6 Å². The van der Waals surface area contributed by atoms with E-state index in [1.54, 1.807) is 4.90 Å². The van der Waals surface area contributed by atoms with Gasteiger partial charge in [-0.05, 0) is 24.2 Å². The summed E-state index contributed by atoms with van der Waals surface area (Å²) >= 11 is 1.82. The predicted molar refractivity (Wildman–Crippen MR) is 111 cm³/mol. The van der Waals surface area contributed by atoms with Gasteiger partial charge in [-0.3, -0.25) is 14.8 Å². The van der Waals surface area contributed by atoms with E-state index in [0.717, 1.165) is 47.5 Å². The minimum absolute atomic E-state index is 0.000133. The fourth-order valence-corrected chi connectivity index (χ4v) is 4.17. The number of nitrogens with zero attached hydrogens (tertiary/aromatic N) is 4. The average Bonchev–Trinajstić information content (AvgIpc) is 3.28. The number of urea groups is 1. The number of hydrogen-bond donors (Lipinski definition) is 1. The minimum atomic E-state index is -0.000133. The molecule has 1 atom stereocenters. The highest BCUT2D eigenvalue weighted by Crippen LogP contribution is 2.32. The van der Waals surface area contributed by atoms with Crippen LogP contribution in [0.3, 0.4) is 0 Å². The van der Waals surface area contributed by atoms with Crippen molar-refractivity contribution in [3.05, 3.63) is 47.4 Å². The Morgan fingerprint density at radius 2 is 2.07 bits per heavy atom. The number of aromatic nitrogens is 2. The molecule has 27 heavy (non-hydrogen) atoms. The number of carbonyl (C=O) groups excluding carboxylic acids is 1. The van der Waals surface area contributed by atoms with Crippen molar-refractivity contribution in [3.8, 4) is 0 Å². The second-order valence-corrected chi connectivity index (χ2v) is 8.13. The molecule has 1 aromatic heterocycles. The lowest BCUT2D eigenvalue weighted by molar-refractivity contribution is 0.226. The van der Waals surface area contributed by atoms with E-state index in [1.807, 2.05) is 34.9 Å². The van der Waals surface area contributed by atoms with Crippen molar-refractivity contribution in [1.29, 1.82) is 0 Å². The van der Waals surface area contributed by atoms with Crippen LogP contribution in [0.15, 0.2) is 35.3 Å². The summed E-state index contributed by atoms with van der Waals surface area (Å²) in [5.41, 5.74) is 2.14. The highest BCUT2D eigenvalue weighted by Gasteiger charge is 2.42. The Kier molecular flexibility index (Phi) is 5.20. The van der Waals surface area contributed by atoms with Gasteiger partial charge in [-0.25, -0.2) is 9.78 Å². The molecule has 2 aromatic rings. The van der Waals surface area contributed by atoms with E-state index in [-0.39, 0.29) is 12.1 Å². The average molecular weight is 384 g/mol. The third-order valence-electron chi connectivity index (χ3n) is 4.83. The first-order chi connectivity index (χ1) is 13.2. The first-order valence-corrected chi connectivity index (χ1v) is 10.7. The molecule has 6 nitrogen and oxygen atoms in total. The molecule has 0 saturated carbocycles. The molecule has 0 spiro atoms. The minimum Gasteiger partial charge on any atom is -0.337 e. The molecule has 2 aliphatic rings. The summed E-state index contributed by atoms with van der Waals surface area (Å²) in [6, 6.07) is 10.4. The van der Waals surface area contributed by atoms with Gasteiger partial charge in [0, 0.05) is 6.54 Å². The highest BCUT2D eigenvalue weighted by molar-refractivity contribution is 7.98. The number of fused-ring (bicyclic) bond motifs is 3. The second kappa shape index (κ2) is 7.76. The maximum atomic E-state index is 13.1. The number of aliphatic imine (C=N–C) groups is 1. The first-order valence-electron chi connectivity index (χ1n) is 9.59. The number of imidazole rings is 1. The van der Waals surface area contributed by atoms with E-state index in [1.165, 1.54) is 5.56 Å². The van der Waals surface area contributed by atoms with E-state index in [9.17, 15) is 4.79 Å². The Bertz CT molecular complexity index is 847. The predicted octanol–water partition coefficient (Wildman–Crippen LogP) is 3.69. The lowest BCUT2D eigenvalue weighted by Gasteiger charge is -2.32. The monoisotopic (exact) mass is 383 g/mol. The number of rotatable bonds is 7. The Balaban J connectivity index is 1.65. The molecule has 2 amide bonds. The van der Waals surface area contributed by atoms with Crippen LogP contribution in [0.2, 0.25) is 0 Å². The summed E-state index contributed by atoms with van der Waals surface area (Å²) in [6.07, 6.45) is 1.73. The Morgan fingerprint density at radius 3 is 2.81 bits per heavy atom. The lowest BCUT2D eigenvalue weighted by Crippen LogP contribution is -2.50. The molecule has 0 bridgehead atoms. The van der Waals surface area contributed by atoms with Crippen LogP contribution in [0.1, 0.15) is 37.4 Å². The van der Waals surface area contributed by atoms with Crippen LogP contribution in [0.25, 0.3) is 0 Å². The molecule has 0 radical (unpaired) electrons. The quantitative estimate of drug-likeness (QED) is 0.793. The van der Waals surface area contributed by atoms with Gasteiger partial charge in [0.15, 0.2) is 11.7 Å². The third-order valence-corrected chi connectivity index (χ3v) is 5.72. The third kappa shape index (κ3) is 3.48. The standard InChI is InChI=1S/C20H25N5OS/c1-3-10-24-19-17(22-16(23-19)13-27-4-2)18-21-15(12-25(18)20(24)26)11-14-8-6-5-7-9-14/h5-9,15H,3-4,10-13H2,1-2H3,(H,22,23)/t15-/m1/s1. The number of amides is 2. The molecule has 0 unspecified atom stereocenters. The van der Waals surface area contributed by atoms with Crippen LogP contribution in [0.4, 0.5) is 10.6 Å². The molecule has 142 valence electrons. The number of H-pyrrole nitrogens is 1. The molecular weight excluding hydrogens is 358 g/mol. The van der Waals surface area contributed by atoms with E-state index in [0.29, 0.717) is 13.1 Å². The zero-order chi connectivity index (χ0) is 18.8. The van der Waals surface area contributed by atoms with E-state index in [2.05, 4.69) is 31.0 Å². The van der Waals surface area contributed by atoms with Crippen molar-refractivity contribution < 1.29 is 4.79 Å². The zero-order valence-corrected chi connectivity index (χ0v) is 16.6. The molecule has 2 aliphatic heterocycles. The number of amidine groups is 1. The van der Waals surface area contributed by atoms with Gasteiger partial charge >= 0.3 is 6.03 Å². The number of thioether (sulfide) groups is 1. The maximum Gasteiger partial charge on any atom is 0.331 e. The molecule has 1 N–H and O–H groups in total. The number of aromatic amines is 1. The van der Waals surface area contributed by atoms with Gasteiger partial charge < -0.3 is 4.98 Å². The number of nitrogens with one attached hydrogen (secondary N) is 1. The van der Waals surface area contributed by atoms with Crippen molar-refractivity contribution in [2.45, 2.75) is 38.5 Å². The number of anilines is 1. The smallest absolute Gasteiger partial charge is 0.331 e. The first kappa shape index (κ1) is 18.1. The Hall–Kier alpha value is -2.28. The Morgan fingerprint density at radius 1 is 1.26 bits per heavy atom. The molecule has 0 fully saturated rings. The van der Waals surface area contributed by atoms with Gasteiger partial charge in [-0.15, -0.1) is 0 Å². The fourth-order valence-electron chi connectivity index (χ4n) is 3.64. The molecule has 0 aliphatic carbocycles. The SMILES string of the molecule is CCCN1C(=O)N2C[C@@H](Cc3ccccc3)N=C2c2[nH]c(CSCC)nc21. The van der Waals surface area contributed by atoms with Crippen LogP contribution in [0, 0.1) is 0 Å². The van der Waals surface area contributed by atoms with Gasteiger partial charge in [0.1, 0.15) is 11.5 Å². The molecule has 4 rings (SSSR count). The number of carbonyl (C=O) groups is 1. The van der Waals surface area contributed by atoms with Crippen LogP contribution < -0.4 is 4.90 Å². The summed E-state index contributed by atoms with van der Waals surface area (Å²) in [7, 11) is 0.